The van der Waals surface area contributed by atoms with E-state index in [0.29, 0.717) is 19.2 Å². The fourth-order valence-electron chi connectivity index (χ4n) is 2.90. The molecule has 2 rings (SSSR count). The van der Waals surface area contributed by atoms with Crippen molar-refractivity contribution in [1.29, 1.82) is 0 Å². The number of rotatable bonds is 7. The Bertz CT molecular complexity index is 446. The molecule has 1 aliphatic rings. The Kier molecular flexibility index (Phi) is 6.34. The average Bonchev–Trinajstić information content (AvgIpc) is 3.00. The average molecular weight is 312 g/mol. The molecule has 21 heavy (non-hydrogen) atoms. The summed E-state index contributed by atoms with van der Waals surface area (Å²) in [5, 5.41) is 14.2. The summed E-state index contributed by atoms with van der Waals surface area (Å²) in [6.07, 6.45) is 4.82. The third-order valence-corrected chi connectivity index (χ3v) is 4.78. The Balaban J connectivity index is 1.69. The molecule has 0 radical (unpaired) electrons. The fourth-order valence-corrected chi connectivity index (χ4v) is 3.02. The van der Waals surface area contributed by atoms with Gasteiger partial charge in [-0.15, -0.1) is 0 Å². The van der Waals surface area contributed by atoms with E-state index in [1.54, 1.807) is 0 Å². The van der Waals surface area contributed by atoms with E-state index in [0.717, 1.165) is 22.3 Å². The highest BCUT2D eigenvalue weighted by molar-refractivity contribution is 6.31. The monoisotopic (exact) mass is 311 g/mol. The third kappa shape index (κ3) is 5.17. The first-order valence-corrected chi connectivity index (χ1v) is 8.24. The molecular weight excluding hydrogens is 286 g/mol. The van der Waals surface area contributed by atoms with E-state index in [1.807, 2.05) is 25.1 Å². The summed E-state index contributed by atoms with van der Waals surface area (Å²) < 4.78 is 5.61. The van der Waals surface area contributed by atoms with Crippen molar-refractivity contribution in [2.24, 2.45) is 5.92 Å². The zero-order chi connectivity index (χ0) is 15.2. The van der Waals surface area contributed by atoms with Crippen LogP contribution in [0.15, 0.2) is 18.2 Å². The summed E-state index contributed by atoms with van der Waals surface area (Å²) in [7, 11) is 0. The molecule has 1 unspecified atom stereocenters. The number of benzene rings is 1. The van der Waals surface area contributed by atoms with Crippen LogP contribution in [0.2, 0.25) is 5.02 Å². The van der Waals surface area contributed by atoms with Crippen LogP contribution in [0.25, 0.3) is 0 Å². The smallest absolute Gasteiger partial charge is 0.119 e. The fraction of sp³-hybridized carbons (Fsp3) is 0.647. The van der Waals surface area contributed by atoms with E-state index in [1.165, 1.54) is 25.7 Å². The molecule has 0 amide bonds. The summed E-state index contributed by atoms with van der Waals surface area (Å²) in [5.74, 6) is 1.51. The maximum Gasteiger partial charge on any atom is 0.119 e. The molecule has 0 saturated heterocycles. The predicted octanol–water partition coefficient (Wildman–Crippen LogP) is 3.56. The zero-order valence-corrected chi connectivity index (χ0v) is 13.7. The SMILES string of the molecule is Cc1cc(OCC(O)CN[C@H](C)C2CCCC2)ccc1Cl. The molecule has 0 aliphatic heterocycles. The Morgan fingerprint density at radius 1 is 1.38 bits per heavy atom. The number of nitrogens with one attached hydrogen (secondary N) is 1. The van der Waals surface area contributed by atoms with Crippen molar-refractivity contribution >= 4 is 11.6 Å². The largest absolute Gasteiger partial charge is 0.491 e. The van der Waals surface area contributed by atoms with Crippen LogP contribution < -0.4 is 10.1 Å². The number of aliphatic hydroxyl groups is 1. The van der Waals surface area contributed by atoms with Gasteiger partial charge in [0.1, 0.15) is 18.5 Å². The van der Waals surface area contributed by atoms with E-state index in [2.05, 4.69) is 12.2 Å². The molecule has 0 aromatic heterocycles. The van der Waals surface area contributed by atoms with Gasteiger partial charge in [0.15, 0.2) is 0 Å². The normalized spacial score (nSPS) is 18.7. The summed E-state index contributed by atoms with van der Waals surface area (Å²) in [5.41, 5.74) is 0.983. The molecule has 2 N–H and O–H groups in total. The van der Waals surface area contributed by atoms with Gasteiger partial charge in [-0.05, 0) is 56.4 Å². The molecule has 0 spiro atoms. The number of aryl methyl sites for hydroxylation is 1. The highest BCUT2D eigenvalue weighted by atomic mass is 35.5. The first-order valence-electron chi connectivity index (χ1n) is 7.86. The Morgan fingerprint density at radius 2 is 2.10 bits per heavy atom. The second-order valence-electron chi connectivity index (χ2n) is 6.12. The van der Waals surface area contributed by atoms with Crippen LogP contribution in [-0.4, -0.2) is 30.4 Å². The summed E-state index contributed by atoms with van der Waals surface area (Å²) in [6.45, 7) is 5.03. The van der Waals surface area contributed by atoms with Crippen LogP contribution in [-0.2, 0) is 0 Å². The minimum Gasteiger partial charge on any atom is -0.491 e. The van der Waals surface area contributed by atoms with Crippen LogP contribution in [0.1, 0.15) is 38.2 Å². The van der Waals surface area contributed by atoms with Gasteiger partial charge in [-0.25, -0.2) is 0 Å². The minimum absolute atomic E-state index is 0.297. The van der Waals surface area contributed by atoms with Crippen LogP contribution in [0.5, 0.6) is 5.75 Å². The van der Waals surface area contributed by atoms with Gasteiger partial charge in [0.25, 0.3) is 0 Å². The van der Waals surface area contributed by atoms with E-state index in [4.69, 9.17) is 16.3 Å². The number of ether oxygens (including phenoxy) is 1. The van der Waals surface area contributed by atoms with Crippen LogP contribution in [0.4, 0.5) is 0 Å². The summed E-state index contributed by atoms with van der Waals surface area (Å²) in [6, 6.07) is 6.01. The maximum absolute atomic E-state index is 10.0. The van der Waals surface area contributed by atoms with Gasteiger partial charge >= 0.3 is 0 Å². The van der Waals surface area contributed by atoms with Crippen molar-refractivity contribution in [3.63, 3.8) is 0 Å². The molecule has 1 fully saturated rings. The molecular formula is C17H26ClNO2. The van der Waals surface area contributed by atoms with E-state index < -0.39 is 6.10 Å². The first kappa shape index (κ1) is 16.6. The third-order valence-electron chi connectivity index (χ3n) is 4.35. The van der Waals surface area contributed by atoms with Crippen molar-refractivity contribution in [3.05, 3.63) is 28.8 Å². The topological polar surface area (TPSA) is 41.5 Å². The van der Waals surface area contributed by atoms with Crippen molar-refractivity contribution in [2.75, 3.05) is 13.2 Å². The van der Waals surface area contributed by atoms with Crippen molar-refractivity contribution in [1.82, 2.24) is 5.32 Å². The first-order chi connectivity index (χ1) is 10.1. The maximum atomic E-state index is 10.0. The van der Waals surface area contributed by atoms with Crippen LogP contribution >= 0.6 is 11.6 Å². The molecule has 3 nitrogen and oxygen atoms in total. The molecule has 0 heterocycles. The lowest BCUT2D eigenvalue weighted by Crippen LogP contribution is -2.39. The van der Waals surface area contributed by atoms with Crippen molar-refractivity contribution in [3.8, 4) is 5.75 Å². The van der Waals surface area contributed by atoms with Gasteiger partial charge in [-0.2, -0.15) is 0 Å². The second-order valence-corrected chi connectivity index (χ2v) is 6.52. The number of halogens is 1. The summed E-state index contributed by atoms with van der Waals surface area (Å²) >= 11 is 5.98. The van der Waals surface area contributed by atoms with Gasteiger partial charge in [0.05, 0.1) is 0 Å². The lowest BCUT2D eigenvalue weighted by atomic mass is 10.00. The summed E-state index contributed by atoms with van der Waals surface area (Å²) in [4.78, 5) is 0. The molecule has 0 bridgehead atoms. The lowest BCUT2D eigenvalue weighted by molar-refractivity contribution is 0.102. The van der Waals surface area contributed by atoms with Gasteiger partial charge in [0.2, 0.25) is 0 Å². The highest BCUT2D eigenvalue weighted by Gasteiger charge is 2.21. The number of aliphatic hydroxyl groups excluding tert-OH is 1. The zero-order valence-electron chi connectivity index (χ0n) is 12.9. The van der Waals surface area contributed by atoms with Gasteiger partial charge in [0, 0.05) is 17.6 Å². The number of hydrogen-bond acceptors (Lipinski definition) is 3. The van der Waals surface area contributed by atoms with Gasteiger partial charge < -0.3 is 15.2 Å². The van der Waals surface area contributed by atoms with Gasteiger partial charge in [-0.3, -0.25) is 0 Å². The van der Waals surface area contributed by atoms with Gasteiger partial charge in [-0.1, -0.05) is 24.4 Å². The molecule has 118 valence electrons. The van der Waals surface area contributed by atoms with Crippen molar-refractivity contribution < 1.29 is 9.84 Å². The Morgan fingerprint density at radius 3 is 2.76 bits per heavy atom. The molecule has 1 aliphatic carbocycles. The van der Waals surface area contributed by atoms with Crippen molar-refractivity contribution in [2.45, 2.75) is 51.7 Å². The molecule has 1 aromatic rings. The standard InChI is InChI=1S/C17H26ClNO2/c1-12-9-16(7-8-17(12)18)21-11-15(20)10-19-13(2)14-5-3-4-6-14/h7-9,13-15,19-20H,3-6,10-11H2,1-2H3/t13-,15?/m1/s1. The molecule has 1 saturated carbocycles. The lowest BCUT2D eigenvalue weighted by Gasteiger charge is -2.22. The number of hydrogen-bond donors (Lipinski definition) is 2. The quantitative estimate of drug-likeness (QED) is 0.809. The molecule has 1 aromatic carbocycles. The highest BCUT2D eigenvalue weighted by Crippen LogP contribution is 2.27. The predicted molar refractivity (Wildman–Crippen MR) is 87.1 cm³/mol. The van der Waals surface area contributed by atoms with E-state index >= 15 is 0 Å². The molecule has 2 atom stereocenters. The molecule has 4 heteroatoms. The van der Waals surface area contributed by atoms with Crippen LogP contribution in [0.3, 0.4) is 0 Å². The van der Waals surface area contributed by atoms with E-state index in [-0.39, 0.29) is 0 Å². The van der Waals surface area contributed by atoms with E-state index in [9.17, 15) is 5.11 Å². The second kappa shape index (κ2) is 8.02. The Labute approximate surface area is 132 Å². The minimum atomic E-state index is -0.496. The Hall–Kier alpha value is -0.770. The van der Waals surface area contributed by atoms with Crippen LogP contribution in [0, 0.1) is 12.8 Å².